The van der Waals surface area contributed by atoms with Crippen LogP contribution < -0.4 is 9.47 Å². The molecule has 0 saturated heterocycles. The highest BCUT2D eigenvalue weighted by atomic mass is 16.7. The van der Waals surface area contributed by atoms with Crippen molar-refractivity contribution >= 4 is 6.08 Å². The van der Waals surface area contributed by atoms with Crippen LogP contribution in [0.5, 0.6) is 11.5 Å². The zero-order valence-electron chi connectivity index (χ0n) is 10.6. The third-order valence-corrected chi connectivity index (χ3v) is 2.64. The number of hydrogen-bond acceptors (Lipinski definition) is 5. The molecular formula is C13H16O5. The van der Waals surface area contributed by atoms with Crippen LogP contribution in [0.4, 0.5) is 0 Å². The Morgan fingerprint density at radius 1 is 1.11 bits per heavy atom. The van der Waals surface area contributed by atoms with Gasteiger partial charge in [0.15, 0.2) is 17.8 Å². The molecule has 0 atom stereocenters. The van der Waals surface area contributed by atoms with Crippen molar-refractivity contribution in [3.63, 3.8) is 0 Å². The zero-order valence-corrected chi connectivity index (χ0v) is 10.6. The van der Waals surface area contributed by atoms with Gasteiger partial charge in [0.05, 0.1) is 13.4 Å². The predicted molar refractivity (Wildman–Crippen MR) is 65.4 cm³/mol. The fourth-order valence-corrected chi connectivity index (χ4v) is 1.81. The lowest BCUT2D eigenvalue weighted by Gasteiger charge is -2.16. The van der Waals surface area contributed by atoms with Gasteiger partial charge in [-0.25, -0.2) is 0 Å². The summed E-state index contributed by atoms with van der Waals surface area (Å²) in [6.07, 6.45) is 2.95. The number of ether oxygens (including phenoxy) is 5. The third-order valence-electron chi connectivity index (χ3n) is 2.64. The van der Waals surface area contributed by atoms with Crippen LogP contribution in [0, 0.1) is 0 Å². The molecule has 0 bridgehead atoms. The first kappa shape index (κ1) is 12.7. The van der Waals surface area contributed by atoms with Gasteiger partial charge in [-0.05, 0) is 23.8 Å². The van der Waals surface area contributed by atoms with Crippen molar-refractivity contribution < 1.29 is 23.7 Å². The van der Waals surface area contributed by atoms with Crippen molar-refractivity contribution in [3.05, 3.63) is 29.5 Å². The van der Waals surface area contributed by atoms with Crippen molar-refractivity contribution in [1.82, 2.24) is 0 Å². The van der Waals surface area contributed by atoms with Crippen LogP contribution in [0.15, 0.2) is 18.4 Å². The quantitative estimate of drug-likeness (QED) is 0.594. The fourth-order valence-electron chi connectivity index (χ4n) is 1.81. The van der Waals surface area contributed by atoms with E-state index in [2.05, 4.69) is 0 Å². The van der Waals surface area contributed by atoms with E-state index >= 15 is 0 Å². The fraction of sp³-hybridized carbons (Fsp3) is 0.385. The molecule has 1 aliphatic heterocycles. The topological polar surface area (TPSA) is 46.2 Å². The van der Waals surface area contributed by atoms with Gasteiger partial charge < -0.3 is 23.7 Å². The Bertz CT molecular complexity index is 437. The second-order valence-electron chi connectivity index (χ2n) is 3.68. The van der Waals surface area contributed by atoms with Crippen LogP contribution in [0.3, 0.4) is 0 Å². The summed E-state index contributed by atoms with van der Waals surface area (Å²) in [7, 11) is 4.76. The average Bonchev–Trinajstić information content (AvgIpc) is 2.84. The maximum absolute atomic E-state index is 5.35. The Hall–Kier alpha value is -1.72. The first-order chi connectivity index (χ1) is 8.80. The molecule has 1 heterocycles. The Balaban J connectivity index is 2.44. The molecule has 2 rings (SSSR count). The van der Waals surface area contributed by atoms with E-state index in [1.165, 1.54) is 0 Å². The van der Waals surface area contributed by atoms with E-state index < -0.39 is 6.29 Å². The Labute approximate surface area is 106 Å². The number of benzene rings is 1. The van der Waals surface area contributed by atoms with Gasteiger partial charge in [0.2, 0.25) is 6.79 Å². The van der Waals surface area contributed by atoms with E-state index in [9.17, 15) is 0 Å². The Morgan fingerprint density at radius 3 is 2.39 bits per heavy atom. The molecule has 0 saturated carbocycles. The largest absolute Gasteiger partial charge is 0.504 e. The maximum Gasteiger partial charge on any atom is 0.231 e. The normalized spacial score (nSPS) is 13.6. The lowest BCUT2D eigenvalue weighted by atomic mass is 10.1. The molecule has 1 aromatic rings. The predicted octanol–water partition coefficient (Wildman–Crippen LogP) is 2.32. The van der Waals surface area contributed by atoms with Gasteiger partial charge in [0.25, 0.3) is 0 Å². The maximum atomic E-state index is 5.35. The highest BCUT2D eigenvalue weighted by Gasteiger charge is 2.21. The van der Waals surface area contributed by atoms with Crippen LogP contribution in [0.1, 0.15) is 17.4 Å². The Morgan fingerprint density at radius 2 is 1.78 bits per heavy atom. The van der Waals surface area contributed by atoms with Gasteiger partial charge in [-0.3, -0.25) is 0 Å². The minimum atomic E-state index is -0.462. The molecule has 0 spiro atoms. The number of fused-ring (bicyclic) bond motifs is 1. The summed E-state index contributed by atoms with van der Waals surface area (Å²) in [5.74, 6) is 1.40. The van der Waals surface area contributed by atoms with Crippen molar-refractivity contribution in [1.29, 1.82) is 0 Å². The number of methoxy groups -OCH3 is 3. The van der Waals surface area contributed by atoms with Gasteiger partial charge in [-0.1, -0.05) is 0 Å². The summed E-state index contributed by atoms with van der Waals surface area (Å²) in [6.45, 7) is 0.233. The van der Waals surface area contributed by atoms with Crippen molar-refractivity contribution in [2.75, 3.05) is 28.1 Å². The van der Waals surface area contributed by atoms with Crippen LogP contribution >= 0.6 is 0 Å². The third kappa shape index (κ3) is 2.42. The first-order valence-corrected chi connectivity index (χ1v) is 5.48. The first-order valence-electron chi connectivity index (χ1n) is 5.48. The number of rotatable bonds is 5. The summed E-state index contributed by atoms with van der Waals surface area (Å²) in [6, 6.07) is 3.73. The van der Waals surface area contributed by atoms with Crippen LogP contribution in [-0.2, 0) is 14.2 Å². The molecule has 0 aliphatic carbocycles. The van der Waals surface area contributed by atoms with Crippen molar-refractivity contribution in [3.8, 4) is 11.5 Å². The molecule has 0 aromatic heterocycles. The SMILES string of the molecule is CO/C=C/c1cc2c(cc1C(OC)OC)OCO2. The molecule has 1 aliphatic rings. The molecule has 0 radical (unpaired) electrons. The van der Waals surface area contributed by atoms with Gasteiger partial charge in [-0.2, -0.15) is 0 Å². The molecule has 0 fully saturated rings. The van der Waals surface area contributed by atoms with Crippen molar-refractivity contribution in [2.24, 2.45) is 0 Å². The molecule has 5 nitrogen and oxygen atoms in total. The molecule has 0 amide bonds. The van der Waals surface area contributed by atoms with Gasteiger partial charge in [0, 0.05) is 19.8 Å². The smallest absolute Gasteiger partial charge is 0.231 e. The van der Waals surface area contributed by atoms with Crippen LogP contribution in [0.25, 0.3) is 6.08 Å². The molecule has 1 aromatic carbocycles. The van der Waals surface area contributed by atoms with E-state index in [1.54, 1.807) is 27.6 Å². The zero-order chi connectivity index (χ0) is 13.0. The second-order valence-corrected chi connectivity index (χ2v) is 3.68. The summed E-state index contributed by atoms with van der Waals surface area (Å²) in [4.78, 5) is 0. The highest BCUT2D eigenvalue weighted by Crippen LogP contribution is 2.38. The molecular weight excluding hydrogens is 236 g/mol. The highest BCUT2D eigenvalue weighted by molar-refractivity contribution is 5.60. The van der Waals surface area contributed by atoms with E-state index in [1.807, 2.05) is 18.2 Å². The molecule has 0 unspecified atom stereocenters. The Kier molecular flexibility index (Phi) is 4.07. The molecule has 0 N–H and O–H groups in total. The average molecular weight is 252 g/mol. The van der Waals surface area contributed by atoms with Crippen molar-refractivity contribution in [2.45, 2.75) is 6.29 Å². The van der Waals surface area contributed by atoms with Gasteiger partial charge in [0.1, 0.15) is 0 Å². The summed E-state index contributed by atoms with van der Waals surface area (Å²) in [5.41, 5.74) is 1.76. The molecule has 98 valence electrons. The minimum Gasteiger partial charge on any atom is -0.504 e. The minimum absolute atomic E-state index is 0.233. The van der Waals surface area contributed by atoms with E-state index in [0.29, 0.717) is 11.5 Å². The van der Waals surface area contributed by atoms with E-state index in [0.717, 1.165) is 11.1 Å². The lowest BCUT2D eigenvalue weighted by Crippen LogP contribution is -2.05. The van der Waals surface area contributed by atoms with Gasteiger partial charge in [-0.15, -0.1) is 0 Å². The summed E-state index contributed by atoms with van der Waals surface area (Å²) >= 11 is 0. The van der Waals surface area contributed by atoms with Crippen LogP contribution in [-0.4, -0.2) is 28.1 Å². The van der Waals surface area contributed by atoms with Gasteiger partial charge >= 0.3 is 0 Å². The summed E-state index contributed by atoms with van der Waals surface area (Å²) in [5, 5.41) is 0. The van der Waals surface area contributed by atoms with E-state index in [4.69, 9.17) is 23.7 Å². The second kappa shape index (κ2) is 5.75. The molecule has 18 heavy (non-hydrogen) atoms. The standard InChI is InChI=1S/C13H16O5/c1-14-5-4-9-6-11-12(18-8-17-11)7-10(9)13(15-2)16-3/h4-7,13H,8H2,1-3H3/b5-4+. The monoisotopic (exact) mass is 252 g/mol. The van der Waals surface area contributed by atoms with Crippen LogP contribution in [0.2, 0.25) is 0 Å². The number of hydrogen-bond donors (Lipinski definition) is 0. The van der Waals surface area contributed by atoms with E-state index in [-0.39, 0.29) is 6.79 Å². The lowest BCUT2D eigenvalue weighted by molar-refractivity contribution is -0.106. The molecule has 5 heteroatoms. The summed E-state index contributed by atoms with van der Waals surface area (Å²) < 4.78 is 26.2.